The summed E-state index contributed by atoms with van der Waals surface area (Å²) in [5, 5.41) is 8.39. The van der Waals surface area contributed by atoms with Crippen LogP contribution in [0.5, 0.6) is 0 Å². The van der Waals surface area contributed by atoms with Crippen molar-refractivity contribution in [3.63, 3.8) is 0 Å². The van der Waals surface area contributed by atoms with Crippen molar-refractivity contribution < 1.29 is 4.42 Å². The average molecular weight is 255 g/mol. The van der Waals surface area contributed by atoms with Crippen LogP contribution >= 0.6 is 23.4 Å². The second-order valence-electron chi connectivity index (χ2n) is 3.40. The van der Waals surface area contributed by atoms with Crippen LogP contribution in [0.1, 0.15) is 12.5 Å². The van der Waals surface area contributed by atoms with Crippen molar-refractivity contribution in [3.8, 4) is 11.5 Å². The SMILES string of the molecule is Cc1ccc(-c2nnc(SC(C)Cl)o2)cc1. The Kier molecular flexibility index (Phi) is 3.51. The lowest BCUT2D eigenvalue weighted by Crippen LogP contribution is -1.80. The maximum Gasteiger partial charge on any atom is 0.278 e. The topological polar surface area (TPSA) is 38.9 Å². The Morgan fingerprint density at radius 1 is 1.25 bits per heavy atom. The van der Waals surface area contributed by atoms with E-state index in [2.05, 4.69) is 10.2 Å². The quantitative estimate of drug-likeness (QED) is 0.618. The number of rotatable bonds is 3. The van der Waals surface area contributed by atoms with Crippen LogP contribution in [0.15, 0.2) is 33.9 Å². The Morgan fingerprint density at radius 3 is 2.56 bits per heavy atom. The van der Waals surface area contributed by atoms with Crippen molar-refractivity contribution >= 4 is 23.4 Å². The zero-order valence-corrected chi connectivity index (χ0v) is 10.5. The minimum Gasteiger partial charge on any atom is -0.411 e. The van der Waals surface area contributed by atoms with Crippen LogP contribution in [-0.2, 0) is 0 Å². The molecule has 0 spiro atoms. The second-order valence-corrected chi connectivity index (χ2v) is 5.61. The molecular formula is C11H11ClN2OS. The Bertz CT molecular complexity index is 467. The molecule has 0 radical (unpaired) electrons. The summed E-state index contributed by atoms with van der Waals surface area (Å²) >= 11 is 7.17. The van der Waals surface area contributed by atoms with Crippen molar-refractivity contribution in [2.75, 3.05) is 0 Å². The van der Waals surface area contributed by atoms with Gasteiger partial charge < -0.3 is 4.42 Å². The van der Waals surface area contributed by atoms with Gasteiger partial charge in [0.1, 0.15) is 0 Å². The van der Waals surface area contributed by atoms with E-state index >= 15 is 0 Å². The standard InChI is InChI=1S/C11H11ClN2OS/c1-7-3-5-9(6-4-7)10-13-14-11(15-10)16-8(2)12/h3-6,8H,1-2H3. The first-order valence-electron chi connectivity index (χ1n) is 4.86. The number of thioether (sulfide) groups is 1. The van der Waals surface area contributed by atoms with Gasteiger partial charge in [0.15, 0.2) is 0 Å². The third-order valence-corrected chi connectivity index (χ3v) is 2.93. The van der Waals surface area contributed by atoms with Gasteiger partial charge in [0, 0.05) is 5.56 Å². The molecule has 0 bridgehead atoms. The van der Waals surface area contributed by atoms with E-state index in [0.29, 0.717) is 11.1 Å². The lowest BCUT2D eigenvalue weighted by atomic mass is 10.1. The van der Waals surface area contributed by atoms with E-state index in [9.17, 15) is 0 Å². The van der Waals surface area contributed by atoms with Crippen molar-refractivity contribution in [2.45, 2.75) is 23.8 Å². The fourth-order valence-corrected chi connectivity index (χ4v) is 1.93. The number of aromatic nitrogens is 2. The molecule has 0 N–H and O–H groups in total. The molecule has 0 aliphatic carbocycles. The predicted octanol–water partition coefficient (Wildman–Crippen LogP) is 3.72. The first kappa shape index (κ1) is 11.5. The highest BCUT2D eigenvalue weighted by Gasteiger charge is 2.10. The summed E-state index contributed by atoms with van der Waals surface area (Å²) in [6.07, 6.45) is 0. The number of halogens is 1. The molecule has 0 saturated carbocycles. The van der Waals surface area contributed by atoms with Gasteiger partial charge in [-0.3, -0.25) is 0 Å². The van der Waals surface area contributed by atoms with Gasteiger partial charge in [0.25, 0.3) is 5.22 Å². The Balaban J connectivity index is 2.21. The first-order valence-corrected chi connectivity index (χ1v) is 6.18. The smallest absolute Gasteiger partial charge is 0.278 e. The van der Waals surface area contributed by atoms with Gasteiger partial charge in [0.05, 0.1) is 4.71 Å². The Morgan fingerprint density at radius 2 is 1.94 bits per heavy atom. The van der Waals surface area contributed by atoms with Crippen molar-refractivity contribution in [2.24, 2.45) is 0 Å². The van der Waals surface area contributed by atoms with Crippen LogP contribution in [0.4, 0.5) is 0 Å². The summed E-state index contributed by atoms with van der Waals surface area (Å²) in [5.41, 5.74) is 2.12. The summed E-state index contributed by atoms with van der Waals surface area (Å²) in [4.78, 5) is 0. The molecule has 3 nitrogen and oxygen atoms in total. The van der Waals surface area contributed by atoms with E-state index in [0.717, 1.165) is 5.56 Å². The molecule has 5 heteroatoms. The van der Waals surface area contributed by atoms with Crippen LogP contribution in [0.3, 0.4) is 0 Å². The Hall–Kier alpha value is -1.00. The van der Waals surface area contributed by atoms with Gasteiger partial charge in [0.2, 0.25) is 5.89 Å². The predicted molar refractivity (Wildman–Crippen MR) is 65.6 cm³/mol. The third-order valence-electron chi connectivity index (χ3n) is 1.97. The highest BCUT2D eigenvalue weighted by atomic mass is 35.5. The van der Waals surface area contributed by atoms with Crippen molar-refractivity contribution in [1.29, 1.82) is 0 Å². The molecule has 0 saturated heterocycles. The van der Waals surface area contributed by atoms with E-state index in [1.54, 1.807) is 0 Å². The number of aryl methyl sites for hydroxylation is 1. The average Bonchev–Trinajstić information content (AvgIpc) is 2.66. The van der Waals surface area contributed by atoms with Gasteiger partial charge in [-0.2, -0.15) is 0 Å². The molecule has 0 amide bonds. The molecule has 1 aromatic heterocycles. The number of benzene rings is 1. The first-order chi connectivity index (χ1) is 7.65. The number of hydrogen-bond acceptors (Lipinski definition) is 4. The van der Waals surface area contributed by atoms with E-state index in [1.165, 1.54) is 17.3 Å². The lowest BCUT2D eigenvalue weighted by Gasteiger charge is -1.96. The molecule has 16 heavy (non-hydrogen) atoms. The third kappa shape index (κ3) is 2.77. The highest BCUT2D eigenvalue weighted by Crippen LogP contribution is 2.27. The fraction of sp³-hybridized carbons (Fsp3) is 0.273. The molecule has 0 aliphatic heterocycles. The minimum absolute atomic E-state index is 0.0775. The van der Waals surface area contributed by atoms with E-state index in [4.69, 9.17) is 16.0 Å². The lowest BCUT2D eigenvalue weighted by molar-refractivity contribution is 0.466. The fourth-order valence-electron chi connectivity index (χ4n) is 1.21. The van der Waals surface area contributed by atoms with E-state index < -0.39 is 0 Å². The molecule has 1 atom stereocenters. The van der Waals surface area contributed by atoms with Gasteiger partial charge in [-0.25, -0.2) is 0 Å². The molecule has 0 aliphatic rings. The van der Waals surface area contributed by atoms with Gasteiger partial charge in [-0.15, -0.1) is 21.8 Å². The largest absolute Gasteiger partial charge is 0.411 e. The van der Waals surface area contributed by atoms with Crippen molar-refractivity contribution in [3.05, 3.63) is 29.8 Å². The van der Waals surface area contributed by atoms with Crippen LogP contribution < -0.4 is 0 Å². The maximum atomic E-state index is 5.82. The van der Waals surface area contributed by atoms with Crippen LogP contribution in [0.2, 0.25) is 0 Å². The van der Waals surface area contributed by atoms with Gasteiger partial charge in [-0.05, 0) is 37.7 Å². The highest BCUT2D eigenvalue weighted by molar-refractivity contribution is 8.00. The van der Waals surface area contributed by atoms with E-state index in [-0.39, 0.29) is 4.71 Å². The van der Waals surface area contributed by atoms with Gasteiger partial charge in [-0.1, -0.05) is 17.7 Å². The molecular weight excluding hydrogens is 244 g/mol. The summed E-state index contributed by atoms with van der Waals surface area (Å²) in [6, 6.07) is 7.94. The van der Waals surface area contributed by atoms with Crippen LogP contribution in [0, 0.1) is 6.92 Å². The number of alkyl halides is 1. The monoisotopic (exact) mass is 254 g/mol. The minimum atomic E-state index is -0.0775. The van der Waals surface area contributed by atoms with Crippen LogP contribution in [-0.4, -0.2) is 14.9 Å². The molecule has 2 aromatic rings. The molecule has 1 aromatic carbocycles. The second kappa shape index (κ2) is 4.89. The van der Waals surface area contributed by atoms with Crippen molar-refractivity contribution in [1.82, 2.24) is 10.2 Å². The maximum absolute atomic E-state index is 5.82. The molecule has 2 rings (SSSR count). The summed E-state index contributed by atoms with van der Waals surface area (Å²) in [7, 11) is 0. The zero-order chi connectivity index (χ0) is 11.5. The van der Waals surface area contributed by atoms with Gasteiger partial charge >= 0.3 is 0 Å². The summed E-state index contributed by atoms with van der Waals surface area (Å²) in [6.45, 7) is 3.90. The normalized spacial score (nSPS) is 12.7. The molecule has 0 fully saturated rings. The van der Waals surface area contributed by atoms with E-state index in [1.807, 2.05) is 38.1 Å². The zero-order valence-electron chi connectivity index (χ0n) is 8.98. The molecule has 1 heterocycles. The number of hydrogen-bond donors (Lipinski definition) is 0. The molecule has 84 valence electrons. The summed E-state index contributed by atoms with van der Waals surface area (Å²) in [5.74, 6) is 0.528. The Labute approximate surface area is 103 Å². The number of nitrogens with zero attached hydrogens (tertiary/aromatic N) is 2. The molecule has 1 unspecified atom stereocenters. The van der Waals surface area contributed by atoms with Crippen LogP contribution in [0.25, 0.3) is 11.5 Å². The summed E-state index contributed by atoms with van der Waals surface area (Å²) < 4.78 is 5.40.